The van der Waals surface area contributed by atoms with E-state index in [1.807, 2.05) is 0 Å². The lowest BCUT2D eigenvalue weighted by molar-refractivity contribution is 0.0600. The number of nitrogens with one attached hydrogen (secondary N) is 1. The van der Waals surface area contributed by atoms with Crippen LogP contribution < -0.4 is 10.1 Å². The number of carbonyl (C=O) groups is 1. The fourth-order valence-electron chi connectivity index (χ4n) is 2.72. The van der Waals surface area contributed by atoms with Crippen LogP contribution in [0, 0.1) is 5.92 Å². The van der Waals surface area contributed by atoms with Gasteiger partial charge in [-0.15, -0.1) is 0 Å². The molecule has 1 saturated heterocycles. The van der Waals surface area contributed by atoms with Crippen LogP contribution in [0.4, 0.5) is 0 Å². The van der Waals surface area contributed by atoms with Gasteiger partial charge >= 0.3 is 5.97 Å². The molecule has 0 amide bonds. The highest BCUT2D eigenvalue weighted by molar-refractivity contribution is 5.89. The van der Waals surface area contributed by atoms with E-state index in [9.17, 15) is 4.79 Å². The van der Waals surface area contributed by atoms with Crippen molar-refractivity contribution in [3.05, 3.63) is 41.5 Å². The number of methoxy groups -OCH3 is 1. The summed E-state index contributed by atoms with van der Waals surface area (Å²) in [6.07, 6.45) is 3.05. The Labute approximate surface area is 140 Å². The molecule has 0 bridgehead atoms. The van der Waals surface area contributed by atoms with Crippen LogP contribution >= 0.6 is 0 Å². The van der Waals surface area contributed by atoms with Crippen molar-refractivity contribution in [1.29, 1.82) is 0 Å². The van der Waals surface area contributed by atoms with Crippen molar-refractivity contribution in [1.82, 2.24) is 15.5 Å². The minimum absolute atomic E-state index is 0.194. The highest BCUT2D eigenvalue weighted by Gasteiger charge is 2.16. The molecule has 128 valence electrons. The summed E-state index contributed by atoms with van der Waals surface area (Å²) >= 11 is 0. The number of carbonyl (C=O) groups excluding carboxylic acids is 1. The Kier molecular flexibility index (Phi) is 5.43. The van der Waals surface area contributed by atoms with E-state index in [-0.39, 0.29) is 6.61 Å². The molecular formula is C17H21N3O4. The van der Waals surface area contributed by atoms with E-state index in [1.165, 1.54) is 13.5 Å². The molecule has 7 nitrogen and oxygen atoms in total. The van der Waals surface area contributed by atoms with Crippen molar-refractivity contribution in [3.8, 4) is 5.75 Å². The van der Waals surface area contributed by atoms with E-state index < -0.39 is 5.97 Å². The Balaban J connectivity index is 1.50. The largest absolute Gasteiger partial charge is 0.485 e. The normalized spacial score (nSPS) is 17.0. The lowest BCUT2D eigenvalue weighted by Crippen LogP contribution is -2.09. The Morgan fingerprint density at radius 2 is 2.38 bits per heavy atom. The van der Waals surface area contributed by atoms with E-state index in [2.05, 4.69) is 20.2 Å². The molecular weight excluding hydrogens is 310 g/mol. The first-order valence-corrected chi connectivity index (χ1v) is 8.08. The van der Waals surface area contributed by atoms with Crippen LogP contribution in [-0.2, 0) is 17.8 Å². The molecule has 1 atom stereocenters. The molecule has 3 rings (SSSR count). The van der Waals surface area contributed by atoms with E-state index in [4.69, 9.17) is 9.26 Å². The minimum atomic E-state index is -0.399. The third kappa shape index (κ3) is 4.32. The fourth-order valence-corrected chi connectivity index (χ4v) is 2.72. The molecule has 1 aromatic heterocycles. The summed E-state index contributed by atoms with van der Waals surface area (Å²) in [7, 11) is 1.35. The number of hydrogen-bond acceptors (Lipinski definition) is 7. The predicted octanol–water partition coefficient (Wildman–Crippen LogP) is 1.98. The number of hydrogen-bond donors (Lipinski definition) is 1. The summed E-state index contributed by atoms with van der Waals surface area (Å²) in [5.74, 6) is 1.99. The van der Waals surface area contributed by atoms with E-state index in [0.29, 0.717) is 28.9 Å². The van der Waals surface area contributed by atoms with Gasteiger partial charge in [-0.25, -0.2) is 4.79 Å². The number of nitrogens with zero attached hydrogens (tertiary/aromatic N) is 2. The van der Waals surface area contributed by atoms with Gasteiger partial charge in [-0.1, -0.05) is 11.2 Å². The highest BCUT2D eigenvalue weighted by Crippen LogP contribution is 2.17. The maximum atomic E-state index is 11.5. The summed E-state index contributed by atoms with van der Waals surface area (Å²) < 4.78 is 15.6. The van der Waals surface area contributed by atoms with Gasteiger partial charge in [0.15, 0.2) is 6.61 Å². The molecule has 0 saturated carbocycles. The zero-order chi connectivity index (χ0) is 16.8. The lowest BCUT2D eigenvalue weighted by atomic mass is 10.0. The first-order chi connectivity index (χ1) is 11.7. The lowest BCUT2D eigenvalue weighted by Gasteiger charge is -2.05. The van der Waals surface area contributed by atoms with Crippen LogP contribution in [0.15, 0.2) is 28.8 Å². The van der Waals surface area contributed by atoms with Crippen LogP contribution in [0.5, 0.6) is 5.75 Å². The molecule has 0 spiro atoms. The first kappa shape index (κ1) is 16.4. The Hall–Kier alpha value is -2.41. The van der Waals surface area contributed by atoms with E-state index in [0.717, 1.165) is 25.9 Å². The van der Waals surface area contributed by atoms with Crippen molar-refractivity contribution in [2.75, 3.05) is 20.2 Å². The van der Waals surface area contributed by atoms with Crippen molar-refractivity contribution in [2.24, 2.45) is 5.92 Å². The van der Waals surface area contributed by atoms with Gasteiger partial charge in [0, 0.05) is 6.42 Å². The minimum Gasteiger partial charge on any atom is -0.485 e. The monoisotopic (exact) mass is 331 g/mol. The second-order valence-electron chi connectivity index (χ2n) is 5.81. The maximum Gasteiger partial charge on any atom is 0.337 e. The first-order valence-electron chi connectivity index (χ1n) is 8.08. The zero-order valence-corrected chi connectivity index (χ0v) is 13.7. The van der Waals surface area contributed by atoms with Gasteiger partial charge in [0.25, 0.3) is 0 Å². The second kappa shape index (κ2) is 7.92. The average molecular weight is 331 g/mol. The van der Waals surface area contributed by atoms with Crippen LogP contribution in [0.2, 0.25) is 0 Å². The summed E-state index contributed by atoms with van der Waals surface area (Å²) in [5.41, 5.74) is 0.439. The molecule has 7 heteroatoms. The zero-order valence-electron chi connectivity index (χ0n) is 13.7. The molecule has 1 aliphatic rings. The number of benzene rings is 1. The third-order valence-electron chi connectivity index (χ3n) is 4.06. The summed E-state index contributed by atoms with van der Waals surface area (Å²) in [6, 6.07) is 6.79. The maximum absolute atomic E-state index is 11.5. The Bertz CT molecular complexity index is 680. The van der Waals surface area contributed by atoms with Gasteiger partial charge in [-0.3, -0.25) is 0 Å². The standard InChI is InChI=1S/C17H21N3O4/c1-22-17(21)13-3-2-4-14(9-13)23-11-15-19-16(24-20-15)6-5-12-7-8-18-10-12/h2-4,9,12,18H,5-8,10-11H2,1H3. The van der Waals surface area contributed by atoms with Crippen molar-refractivity contribution in [3.63, 3.8) is 0 Å². The fraction of sp³-hybridized carbons (Fsp3) is 0.471. The van der Waals surface area contributed by atoms with Gasteiger partial charge in [-0.05, 0) is 50.0 Å². The van der Waals surface area contributed by atoms with Crippen LogP contribution in [0.25, 0.3) is 0 Å². The summed E-state index contributed by atoms with van der Waals surface area (Å²) in [6.45, 7) is 2.36. The molecule has 2 aromatic rings. The molecule has 0 radical (unpaired) electrons. The molecule has 1 aliphatic heterocycles. The summed E-state index contributed by atoms with van der Waals surface area (Å²) in [4.78, 5) is 15.8. The molecule has 1 unspecified atom stereocenters. The molecule has 1 fully saturated rings. The van der Waals surface area contributed by atoms with Crippen LogP contribution in [0.1, 0.15) is 34.9 Å². The second-order valence-corrected chi connectivity index (χ2v) is 5.81. The SMILES string of the molecule is COC(=O)c1cccc(OCc2noc(CCC3CCNC3)n2)c1. The summed E-state index contributed by atoms with van der Waals surface area (Å²) in [5, 5.41) is 7.28. The van der Waals surface area contributed by atoms with Gasteiger partial charge in [0.2, 0.25) is 11.7 Å². The van der Waals surface area contributed by atoms with Crippen LogP contribution in [0.3, 0.4) is 0 Å². The average Bonchev–Trinajstić information content (AvgIpc) is 3.29. The number of aryl methyl sites for hydroxylation is 1. The van der Waals surface area contributed by atoms with Crippen LogP contribution in [-0.4, -0.2) is 36.3 Å². The van der Waals surface area contributed by atoms with Gasteiger partial charge in [0.05, 0.1) is 12.7 Å². The molecule has 2 heterocycles. The van der Waals surface area contributed by atoms with Gasteiger partial charge in [-0.2, -0.15) is 4.98 Å². The van der Waals surface area contributed by atoms with Crippen molar-refractivity contribution >= 4 is 5.97 Å². The van der Waals surface area contributed by atoms with Crippen molar-refractivity contribution in [2.45, 2.75) is 25.9 Å². The molecule has 1 N–H and O–H groups in total. The number of esters is 1. The predicted molar refractivity (Wildman–Crippen MR) is 85.7 cm³/mol. The molecule has 0 aliphatic carbocycles. The number of rotatable bonds is 7. The third-order valence-corrected chi connectivity index (χ3v) is 4.06. The van der Waals surface area contributed by atoms with E-state index >= 15 is 0 Å². The van der Waals surface area contributed by atoms with Crippen molar-refractivity contribution < 1.29 is 18.8 Å². The highest BCUT2D eigenvalue weighted by atomic mass is 16.5. The Morgan fingerprint density at radius 3 is 3.17 bits per heavy atom. The number of aromatic nitrogens is 2. The van der Waals surface area contributed by atoms with Gasteiger partial charge in [0.1, 0.15) is 5.75 Å². The topological polar surface area (TPSA) is 86.5 Å². The molecule has 1 aromatic carbocycles. The Morgan fingerprint density at radius 1 is 1.46 bits per heavy atom. The quantitative estimate of drug-likeness (QED) is 0.776. The van der Waals surface area contributed by atoms with E-state index in [1.54, 1.807) is 24.3 Å². The number of ether oxygens (including phenoxy) is 2. The van der Waals surface area contributed by atoms with Gasteiger partial charge < -0.3 is 19.3 Å². The molecule has 24 heavy (non-hydrogen) atoms. The smallest absolute Gasteiger partial charge is 0.337 e.